The van der Waals surface area contributed by atoms with Gasteiger partial charge in [0, 0.05) is 44.4 Å². The third kappa shape index (κ3) is 2.80. The van der Waals surface area contributed by atoms with Gasteiger partial charge in [-0.2, -0.15) is 0 Å². The summed E-state index contributed by atoms with van der Waals surface area (Å²) in [5.74, 6) is 3.10. The number of amides is 1. The van der Waals surface area contributed by atoms with E-state index in [1.807, 2.05) is 0 Å². The number of ether oxygens (including phenoxy) is 1. The number of carbonyl (C=O) groups excluding carboxylic acids is 1. The van der Waals surface area contributed by atoms with Gasteiger partial charge in [0.2, 0.25) is 5.91 Å². The summed E-state index contributed by atoms with van der Waals surface area (Å²) in [7, 11) is 0. The molecular weight excluding hydrogens is 300 g/mol. The lowest BCUT2D eigenvalue weighted by Gasteiger charge is -2.29. The minimum Gasteiger partial charge on any atom is -0.370 e. The van der Waals surface area contributed by atoms with Crippen LogP contribution in [0, 0.1) is 23.7 Å². The molecule has 5 fully saturated rings. The first kappa shape index (κ1) is 15.6. The molecule has 1 N–H and O–H groups in total. The summed E-state index contributed by atoms with van der Waals surface area (Å²) in [6.07, 6.45) is 11.6. The van der Waals surface area contributed by atoms with Crippen molar-refractivity contribution in [1.29, 1.82) is 0 Å². The van der Waals surface area contributed by atoms with Gasteiger partial charge in [0.25, 0.3) is 0 Å². The van der Waals surface area contributed by atoms with E-state index in [-0.39, 0.29) is 11.5 Å². The topological polar surface area (TPSA) is 41.6 Å². The van der Waals surface area contributed by atoms with Crippen molar-refractivity contribution in [1.82, 2.24) is 10.2 Å². The molecular formula is C20H32N2O2. The van der Waals surface area contributed by atoms with Gasteiger partial charge in [-0.05, 0) is 50.4 Å². The van der Waals surface area contributed by atoms with Gasteiger partial charge in [0.15, 0.2) is 0 Å². The zero-order chi connectivity index (χ0) is 16.1. The average Bonchev–Trinajstić information content (AvgIpc) is 2.95. The molecule has 0 aromatic rings. The highest BCUT2D eigenvalue weighted by atomic mass is 16.5. The average molecular weight is 332 g/mol. The van der Waals surface area contributed by atoms with Crippen LogP contribution in [0.15, 0.2) is 0 Å². The molecule has 24 heavy (non-hydrogen) atoms. The van der Waals surface area contributed by atoms with E-state index in [0.29, 0.717) is 23.9 Å². The van der Waals surface area contributed by atoms with Gasteiger partial charge in [0.05, 0.1) is 11.7 Å². The minimum absolute atomic E-state index is 0.139. The highest BCUT2D eigenvalue weighted by Gasteiger charge is 2.62. The molecule has 2 aliphatic carbocycles. The number of hydrogen-bond donors (Lipinski definition) is 1. The Labute approximate surface area is 145 Å². The molecule has 0 aromatic heterocycles. The van der Waals surface area contributed by atoms with Gasteiger partial charge >= 0.3 is 0 Å². The maximum atomic E-state index is 12.3. The van der Waals surface area contributed by atoms with E-state index in [2.05, 4.69) is 10.2 Å². The summed E-state index contributed by atoms with van der Waals surface area (Å²) in [4.78, 5) is 15.0. The summed E-state index contributed by atoms with van der Waals surface area (Å²) < 4.78 is 6.50. The van der Waals surface area contributed by atoms with Crippen molar-refractivity contribution < 1.29 is 9.53 Å². The summed E-state index contributed by atoms with van der Waals surface area (Å²) in [5, 5.41) is 3.28. The van der Waals surface area contributed by atoms with Crippen molar-refractivity contribution in [3.05, 3.63) is 0 Å². The van der Waals surface area contributed by atoms with E-state index in [1.54, 1.807) is 0 Å². The van der Waals surface area contributed by atoms with Gasteiger partial charge in [-0.25, -0.2) is 0 Å². The molecule has 2 saturated carbocycles. The Kier molecular flexibility index (Phi) is 3.89. The number of likely N-dealkylation sites (tertiary alicyclic amines) is 1. The third-order valence-electron chi connectivity index (χ3n) is 7.55. The molecule has 1 amide bonds. The molecule has 4 heteroatoms. The zero-order valence-corrected chi connectivity index (χ0v) is 14.8. The largest absolute Gasteiger partial charge is 0.370 e. The summed E-state index contributed by atoms with van der Waals surface area (Å²) in [6.45, 7) is 4.49. The molecule has 0 radical (unpaired) electrons. The number of fused-ring (bicyclic) bond motifs is 1. The van der Waals surface area contributed by atoms with Gasteiger partial charge in [-0.15, -0.1) is 0 Å². The first-order valence-electron chi connectivity index (χ1n) is 10.4. The Morgan fingerprint density at radius 1 is 1.12 bits per heavy atom. The van der Waals surface area contributed by atoms with Crippen LogP contribution in [0.5, 0.6) is 0 Å². The van der Waals surface area contributed by atoms with Gasteiger partial charge in [0.1, 0.15) is 0 Å². The fourth-order valence-electron chi connectivity index (χ4n) is 6.14. The molecule has 3 saturated heterocycles. The summed E-state index contributed by atoms with van der Waals surface area (Å²) in [5.41, 5.74) is 0.139. The van der Waals surface area contributed by atoms with E-state index < -0.39 is 0 Å². The number of hydrogen-bond acceptors (Lipinski definition) is 3. The number of nitrogens with zero attached hydrogens (tertiary/aromatic N) is 1. The Morgan fingerprint density at radius 2 is 1.96 bits per heavy atom. The van der Waals surface area contributed by atoms with Crippen molar-refractivity contribution in [3.63, 3.8) is 0 Å². The van der Waals surface area contributed by atoms with Crippen molar-refractivity contribution in [2.45, 2.75) is 69.5 Å². The summed E-state index contributed by atoms with van der Waals surface area (Å²) in [6, 6.07) is 0. The Hall–Kier alpha value is -0.610. The molecule has 4 atom stereocenters. The Morgan fingerprint density at radius 3 is 2.75 bits per heavy atom. The first-order chi connectivity index (χ1) is 11.7. The second kappa shape index (κ2) is 5.98. The van der Waals surface area contributed by atoms with Crippen LogP contribution in [-0.2, 0) is 9.53 Å². The third-order valence-corrected chi connectivity index (χ3v) is 7.55. The Bertz CT molecular complexity index is 500. The molecule has 134 valence electrons. The van der Waals surface area contributed by atoms with Crippen LogP contribution in [0.2, 0.25) is 0 Å². The van der Waals surface area contributed by atoms with Crippen LogP contribution < -0.4 is 5.32 Å². The second-order valence-corrected chi connectivity index (χ2v) is 9.33. The second-order valence-electron chi connectivity index (χ2n) is 9.33. The van der Waals surface area contributed by atoms with Crippen LogP contribution in [0.1, 0.15) is 57.8 Å². The molecule has 3 heterocycles. The first-order valence-corrected chi connectivity index (χ1v) is 10.4. The van der Waals surface area contributed by atoms with Crippen molar-refractivity contribution in [2.24, 2.45) is 23.7 Å². The normalized spacial score (nSPS) is 41.9. The maximum Gasteiger partial charge on any atom is 0.220 e. The van der Waals surface area contributed by atoms with Crippen LogP contribution >= 0.6 is 0 Å². The van der Waals surface area contributed by atoms with Crippen LogP contribution in [0.4, 0.5) is 0 Å². The van der Waals surface area contributed by atoms with E-state index in [4.69, 9.17) is 4.74 Å². The molecule has 1 spiro atoms. The number of nitrogens with one attached hydrogen (secondary N) is 1. The molecule has 0 unspecified atom stereocenters. The molecule has 4 nitrogen and oxygen atoms in total. The molecule has 2 bridgehead atoms. The predicted octanol–water partition coefficient (Wildman–Crippen LogP) is 2.57. The molecule has 3 aliphatic heterocycles. The Balaban J connectivity index is 1.17. The standard InChI is InChI=1S/C20H32N2O2/c23-19(9-14-3-1-2-4-14)21-10-16-17-12-22(11-15-5-6-15)13-20(17)8-7-18(16)24-20/h14-18H,1-13H2,(H,21,23)/t16-,17+,18+,20+/m0/s1. The number of carbonyl (C=O) groups is 1. The smallest absolute Gasteiger partial charge is 0.220 e. The van der Waals surface area contributed by atoms with E-state index in [0.717, 1.165) is 25.4 Å². The fourth-order valence-corrected chi connectivity index (χ4v) is 6.14. The highest BCUT2D eigenvalue weighted by molar-refractivity contribution is 5.76. The van der Waals surface area contributed by atoms with Gasteiger partial charge < -0.3 is 10.1 Å². The van der Waals surface area contributed by atoms with Crippen LogP contribution in [0.3, 0.4) is 0 Å². The van der Waals surface area contributed by atoms with Gasteiger partial charge in [-0.1, -0.05) is 12.8 Å². The lowest BCUT2D eigenvalue weighted by molar-refractivity contribution is -0.122. The predicted molar refractivity (Wildman–Crippen MR) is 92.6 cm³/mol. The van der Waals surface area contributed by atoms with E-state index in [1.165, 1.54) is 64.5 Å². The lowest BCUT2D eigenvalue weighted by Crippen LogP contribution is -2.42. The molecule has 5 rings (SSSR count). The van der Waals surface area contributed by atoms with Crippen molar-refractivity contribution >= 4 is 5.91 Å². The lowest BCUT2D eigenvalue weighted by atomic mass is 9.73. The minimum atomic E-state index is 0.139. The quantitative estimate of drug-likeness (QED) is 0.813. The van der Waals surface area contributed by atoms with E-state index >= 15 is 0 Å². The molecule has 0 aromatic carbocycles. The number of rotatable bonds is 6. The summed E-state index contributed by atoms with van der Waals surface area (Å²) >= 11 is 0. The zero-order valence-electron chi connectivity index (χ0n) is 14.8. The maximum absolute atomic E-state index is 12.3. The van der Waals surface area contributed by atoms with Gasteiger partial charge in [-0.3, -0.25) is 9.69 Å². The van der Waals surface area contributed by atoms with Crippen molar-refractivity contribution in [3.8, 4) is 0 Å². The van der Waals surface area contributed by atoms with Crippen molar-refractivity contribution in [2.75, 3.05) is 26.2 Å². The fraction of sp³-hybridized carbons (Fsp3) is 0.950. The van der Waals surface area contributed by atoms with Crippen LogP contribution in [0.25, 0.3) is 0 Å². The highest BCUT2D eigenvalue weighted by Crippen LogP contribution is 2.55. The van der Waals surface area contributed by atoms with E-state index in [9.17, 15) is 4.79 Å². The monoisotopic (exact) mass is 332 g/mol. The van der Waals surface area contributed by atoms with Crippen LogP contribution in [-0.4, -0.2) is 48.7 Å². The molecule has 5 aliphatic rings. The SMILES string of the molecule is O=C(CC1CCCC1)NC[C@H]1[C@H]2CN(CC3CC3)C[C@]23CC[C@H]1O3.